The van der Waals surface area contributed by atoms with Gasteiger partial charge in [-0.05, 0) is 61.0 Å². The number of quaternary nitrogens is 1. The molecule has 246 valence electrons. The van der Waals surface area contributed by atoms with Gasteiger partial charge in [-0.15, -0.1) is 0 Å². The van der Waals surface area contributed by atoms with Crippen molar-refractivity contribution in [1.29, 1.82) is 0 Å². The second-order valence-electron chi connectivity index (χ2n) is 9.78. The molecule has 0 aliphatic rings. The van der Waals surface area contributed by atoms with Gasteiger partial charge in [-0.1, -0.05) is 67.9 Å². The highest BCUT2D eigenvalue weighted by Gasteiger charge is 2.35. The molecular weight excluding hydrogens is 614 g/mol. The Morgan fingerprint density at radius 2 is 1.04 bits per heavy atom. The predicted molar refractivity (Wildman–Crippen MR) is 175 cm³/mol. The average Bonchev–Trinajstić information content (AvgIpc) is 3.07. The Morgan fingerprint density at radius 3 is 1.33 bits per heavy atom. The second kappa shape index (κ2) is 19.2. The highest BCUT2D eigenvalue weighted by molar-refractivity contribution is 7.85. The second-order valence-corrected chi connectivity index (χ2v) is 11.2. The van der Waals surface area contributed by atoms with Crippen LogP contribution in [0.1, 0.15) is 40.5 Å². The first kappa shape index (κ1) is 37.8. The monoisotopic (exact) mass is 654 g/mol. The fourth-order valence-corrected chi connectivity index (χ4v) is 5.06. The van der Waals surface area contributed by atoms with Gasteiger partial charge in [0.2, 0.25) is 0 Å². The van der Waals surface area contributed by atoms with Crippen LogP contribution < -0.4 is 4.48 Å². The molecule has 4 aromatic carbocycles. The number of para-hydroxylation sites is 3. The first-order valence-electron chi connectivity index (χ1n) is 14.4. The summed E-state index contributed by atoms with van der Waals surface area (Å²) in [6, 6.07) is 34.7. The third-order valence-corrected chi connectivity index (χ3v) is 7.44. The van der Waals surface area contributed by atoms with Crippen LogP contribution in [0.15, 0.2) is 114 Å². The lowest BCUT2D eigenvalue weighted by Crippen LogP contribution is -2.39. The Balaban J connectivity index is 0.000000278. The van der Waals surface area contributed by atoms with Gasteiger partial charge >= 0.3 is 11.9 Å². The fraction of sp³-hybridized carbons (Fsp3) is 0.235. The zero-order valence-electron chi connectivity index (χ0n) is 25.5. The van der Waals surface area contributed by atoms with Crippen LogP contribution in [0.4, 0.5) is 17.1 Å². The van der Waals surface area contributed by atoms with Crippen LogP contribution in [0.3, 0.4) is 0 Å². The molecule has 4 aromatic rings. The highest BCUT2D eigenvalue weighted by atomic mass is 32.2. The maximum Gasteiger partial charge on any atom is 0.335 e. The molecule has 11 nitrogen and oxygen atoms in total. The number of unbranched alkanes of at least 4 members (excludes halogenated alkanes) is 1. The molecule has 0 heterocycles. The van der Waals surface area contributed by atoms with E-state index in [2.05, 4.69) is 103 Å². The largest absolute Gasteiger partial charge is 0.478 e. The Kier molecular flexibility index (Phi) is 15.7. The SMILES string of the molecule is CCCC[N+](c1ccccc1)(c1ccccc1)c1ccccc1.O=C(O)c1cc(C(=O)O)cc(S(=O)(=O)O)c1.OCCOCCO. The van der Waals surface area contributed by atoms with Crippen LogP contribution in [0, 0.1) is 0 Å². The summed E-state index contributed by atoms with van der Waals surface area (Å²) in [6.07, 6.45) is 2.37. The van der Waals surface area contributed by atoms with Crippen molar-refractivity contribution in [3.05, 3.63) is 120 Å². The molecule has 5 N–H and O–H groups in total. The van der Waals surface area contributed by atoms with Crippen molar-refractivity contribution in [2.24, 2.45) is 0 Å². The third kappa shape index (κ3) is 11.2. The Morgan fingerprint density at radius 1 is 0.674 bits per heavy atom. The smallest absolute Gasteiger partial charge is 0.335 e. The quantitative estimate of drug-likeness (QED) is 0.0675. The van der Waals surface area contributed by atoms with Crippen LogP contribution >= 0.6 is 0 Å². The summed E-state index contributed by atoms with van der Waals surface area (Å²) in [5, 5.41) is 33.4. The zero-order valence-corrected chi connectivity index (χ0v) is 26.3. The molecule has 12 heteroatoms. The number of carboxylic acid groups (broad SMARTS) is 2. The van der Waals surface area contributed by atoms with Gasteiger partial charge < -0.3 is 25.2 Å². The molecule has 0 aliphatic carbocycles. The van der Waals surface area contributed by atoms with Crippen molar-refractivity contribution in [3.8, 4) is 0 Å². The molecule has 0 saturated carbocycles. The highest BCUT2D eigenvalue weighted by Crippen LogP contribution is 2.43. The van der Waals surface area contributed by atoms with E-state index in [1.807, 2.05) is 0 Å². The van der Waals surface area contributed by atoms with E-state index in [9.17, 15) is 18.0 Å². The minimum Gasteiger partial charge on any atom is -0.478 e. The summed E-state index contributed by atoms with van der Waals surface area (Å²) in [7, 11) is -4.64. The lowest BCUT2D eigenvalue weighted by molar-refractivity contribution is 0.0650. The van der Waals surface area contributed by atoms with Crippen molar-refractivity contribution in [2.45, 2.75) is 24.7 Å². The minimum absolute atomic E-state index is 0.0278. The topological polar surface area (TPSA) is 179 Å². The van der Waals surface area contributed by atoms with Gasteiger partial charge in [-0.2, -0.15) is 8.42 Å². The summed E-state index contributed by atoms with van der Waals surface area (Å²) in [6.45, 7) is 4.02. The molecule has 0 saturated heterocycles. The number of hydrogen-bond acceptors (Lipinski definition) is 7. The van der Waals surface area contributed by atoms with Gasteiger partial charge in [0.25, 0.3) is 10.1 Å². The maximum atomic E-state index is 10.8. The van der Waals surface area contributed by atoms with Gasteiger partial charge in [0.05, 0.1) is 49.0 Å². The molecule has 0 spiro atoms. The number of benzene rings is 4. The van der Waals surface area contributed by atoms with E-state index in [0.29, 0.717) is 25.3 Å². The number of aromatic carboxylic acids is 2. The van der Waals surface area contributed by atoms with Crippen molar-refractivity contribution < 1.29 is 47.7 Å². The van der Waals surface area contributed by atoms with E-state index in [1.54, 1.807) is 0 Å². The van der Waals surface area contributed by atoms with Gasteiger partial charge in [0, 0.05) is 0 Å². The molecule has 0 aliphatic heterocycles. The Labute approximate surface area is 268 Å². The number of hydrogen-bond donors (Lipinski definition) is 5. The number of carboxylic acids is 2. The van der Waals surface area contributed by atoms with E-state index in [0.717, 1.165) is 17.1 Å². The number of ether oxygens (including phenoxy) is 1. The van der Waals surface area contributed by atoms with Crippen molar-refractivity contribution in [1.82, 2.24) is 4.48 Å². The van der Waals surface area contributed by atoms with E-state index in [4.69, 9.17) is 25.0 Å². The molecule has 0 bridgehead atoms. The van der Waals surface area contributed by atoms with E-state index in [1.165, 1.54) is 29.9 Å². The fourth-order valence-electron chi connectivity index (χ4n) is 4.50. The number of nitrogens with zero attached hydrogens (tertiary/aromatic N) is 1. The van der Waals surface area contributed by atoms with E-state index < -0.39 is 38.1 Å². The van der Waals surface area contributed by atoms with Gasteiger partial charge in [-0.25, -0.2) is 14.1 Å². The van der Waals surface area contributed by atoms with E-state index >= 15 is 0 Å². The number of aliphatic hydroxyl groups excluding tert-OH is 2. The molecule has 0 amide bonds. The normalized spacial score (nSPS) is 11.0. The third-order valence-electron chi connectivity index (χ3n) is 6.61. The molecule has 0 atom stereocenters. The van der Waals surface area contributed by atoms with Gasteiger partial charge in [0.1, 0.15) is 17.1 Å². The maximum absolute atomic E-state index is 10.8. The van der Waals surface area contributed by atoms with E-state index in [-0.39, 0.29) is 13.2 Å². The van der Waals surface area contributed by atoms with Crippen LogP contribution in [-0.4, -0.2) is 78.3 Å². The first-order valence-corrected chi connectivity index (χ1v) is 15.9. The molecule has 0 fully saturated rings. The standard InChI is InChI=1S/C22H24N.C8H6O7S.C4H10O3/c1-2-3-19-23(20-13-7-4-8-14-20,21-15-9-5-10-16-21)22-17-11-6-12-18-22;9-7(10)4-1-5(8(11)12)3-6(2-4)16(13,14)15;5-1-3-7-4-2-6/h4-18H,2-3,19H2,1H3;1-3H,(H,9,10)(H,11,12)(H,13,14,15);5-6H,1-4H2/q+1;;. The van der Waals surface area contributed by atoms with Crippen LogP contribution in [0.5, 0.6) is 0 Å². The molecule has 0 radical (unpaired) electrons. The van der Waals surface area contributed by atoms with Crippen molar-refractivity contribution >= 4 is 39.1 Å². The molecule has 0 aromatic heterocycles. The summed E-state index contributed by atoms with van der Waals surface area (Å²) in [5.41, 5.74) is 2.88. The predicted octanol–water partition coefficient (Wildman–Crippen LogP) is 5.77. The number of carbonyl (C=O) groups is 2. The van der Waals surface area contributed by atoms with Gasteiger partial charge in [0.15, 0.2) is 0 Å². The average molecular weight is 655 g/mol. The summed E-state index contributed by atoms with van der Waals surface area (Å²) < 4.78 is 35.6. The summed E-state index contributed by atoms with van der Waals surface area (Å²) in [5.74, 6) is -2.99. The molecule has 0 unspecified atom stereocenters. The number of aliphatic hydroxyl groups is 2. The summed E-state index contributed by atoms with van der Waals surface area (Å²) >= 11 is 0. The first-order chi connectivity index (χ1) is 22.0. The zero-order chi connectivity index (χ0) is 34.0. The lowest BCUT2D eigenvalue weighted by Gasteiger charge is -2.37. The molecule has 46 heavy (non-hydrogen) atoms. The molecular formula is C34H40NO10S+. The van der Waals surface area contributed by atoms with Crippen LogP contribution in [-0.2, 0) is 14.9 Å². The van der Waals surface area contributed by atoms with Crippen molar-refractivity contribution in [2.75, 3.05) is 33.0 Å². The summed E-state index contributed by atoms with van der Waals surface area (Å²) in [4.78, 5) is 20.4. The Bertz CT molecular complexity index is 1470. The van der Waals surface area contributed by atoms with Gasteiger partial charge in [-0.3, -0.25) is 4.55 Å². The van der Waals surface area contributed by atoms with Crippen molar-refractivity contribution in [3.63, 3.8) is 0 Å². The lowest BCUT2D eigenvalue weighted by atomic mass is 10.1. The Hall–Kier alpha value is -4.43. The molecule has 4 rings (SSSR count). The van der Waals surface area contributed by atoms with Crippen LogP contribution in [0.25, 0.3) is 0 Å². The minimum atomic E-state index is -4.64. The number of rotatable bonds is 13. The van der Waals surface area contributed by atoms with Crippen LogP contribution in [0.2, 0.25) is 0 Å².